The van der Waals surface area contributed by atoms with E-state index in [9.17, 15) is 9.59 Å². The van der Waals surface area contributed by atoms with Crippen LogP contribution in [0.3, 0.4) is 0 Å². The van der Waals surface area contributed by atoms with Gasteiger partial charge in [0.2, 0.25) is 5.91 Å². The van der Waals surface area contributed by atoms with E-state index in [1.54, 1.807) is 0 Å². The molecule has 1 saturated heterocycles. The number of aryl methyl sites for hydroxylation is 1. The van der Waals surface area contributed by atoms with Gasteiger partial charge in [-0.25, -0.2) is 5.01 Å². The van der Waals surface area contributed by atoms with Crippen molar-refractivity contribution in [3.05, 3.63) is 29.8 Å². The first-order chi connectivity index (χ1) is 11.5. The molecular weight excluding hydrogens is 302 g/mol. The predicted molar refractivity (Wildman–Crippen MR) is 95.0 cm³/mol. The van der Waals surface area contributed by atoms with E-state index < -0.39 is 0 Å². The lowest BCUT2D eigenvalue weighted by atomic mass is 9.96. The van der Waals surface area contributed by atoms with E-state index in [1.807, 2.05) is 36.1 Å². The molecule has 2 amide bonds. The maximum Gasteiger partial charge on any atom is 0.270 e. The first kappa shape index (κ1) is 16.7. The van der Waals surface area contributed by atoms with Gasteiger partial charge in [0, 0.05) is 24.9 Å². The van der Waals surface area contributed by atoms with Gasteiger partial charge in [-0.2, -0.15) is 5.10 Å². The van der Waals surface area contributed by atoms with Crippen molar-refractivity contribution in [1.82, 2.24) is 4.90 Å². The Balaban J connectivity index is 1.87. The van der Waals surface area contributed by atoms with Crippen molar-refractivity contribution >= 4 is 23.2 Å². The van der Waals surface area contributed by atoms with Crippen molar-refractivity contribution in [2.45, 2.75) is 65.0 Å². The van der Waals surface area contributed by atoms with E-state index in [2.05, 4.69) is 18.9 Å². The predicted octanol–water partition coefficient (Wildman–Crippen LogP) is 3.27. The molecule has 2 aliphatic heterocycles. The van der Waals surface area contributed by atoms with Crippen LogP contribution in [0.15, 0.2) is 29.4 Å². The van der Waals surface area contributed by atoms with Gasteiger partial charge < -0.3 is 4.90 Å². The molecule has 1 fully saturated rings. The lowest BCUT2D eigenvalue weighted by Crippen LogP contribution is -2.51. The number of hydrazone groups is 1. The molecule has 0 spiro atoms. The van der Waals surface area contributed by atoms with E-state index in [1.165, 1.54) is 5.01 Å². The Hall–Kier alpha value is -2.17. The van der Waals surface area contributed by atoms with Crippen LogP contribution in [0.5, 0.6) is 0 Å². The monoisotopic (exact) mass is 327 g/mol. The third-order valence-electron chi connectivity index (χ3n) is 4.99. The van der Waals surface area contributed by atoms with Gasteiger partial charge in [-0.3, -0.25) is 9.59 Å². The van der Waals surface area contributed by atoms with Crippen molar-refractivity contribution in [3.63, 3.8) is 0 Å². The normalized spacial score (nSPS) is 24.8. The number of piperidine rings is 1. The van der Waals surface area contributed by atoms with Crippen LogP contribution in [0.25, 0.3) is 0 Å². The van der Waals surface area contributed by atoms with Crippen LogP contribution in [0.1, 0.15) is 51.5 Å². The second-order valence-electron chi connectivity index (χ2n) is 6.93. The standard InChI is InChI=1S/C19H25N3O2/c1-13-7-9-16(10-8-13)22-18(23)12-11-17(20-22)19(24)21-14(2)5-4-6-15(21)3/h7-10,14-15H,4-6,11-12H2,1-3H3. The summed E-state index contributed by atoms with van der Waals surface area (Å²) in [5.74, 6) is -0.0746. The van der Waals surface area contributed by atoms with Crippen LogP contribution >= 0.6 is 0 Å². The average molecular weight is 327 g/mol. The van der Waals surface area contributed by atoms with E-state index >= 15 is 0 Å². The summed E-state index contributed by atoms with van der Waals surface area (Å²) in [6, 6.07) is 8.10. The van der Waals surface area contributed by atoms with E-state index in [-0.39, 0.29) is 23.9 Å². The summed E-state index contributed by atoms with van der Waals surface area (Å²) in [7, 11) is 0. The van der Waals surface area contributed by atoms with Crippen molar-refractivity contribution in [2.75, 3.05) is 5.01 Å². The molecule has 24 heavy (non-hydrogen) atoms. The first-order valence-corrected chi connectivity index (χ1v) is 8.77. The molecule has 0 radical (unpaired) electrons. The molecule has 0 aromatic heterocycles. The fourth-order valence-electron chi connectivity index (χ4n) is 3.57. The van der Waals surface area contributed by atoms with E-state index in [0.717, 1.165) is 30.5 Å². The number of carbonyl (C=O) groups excluding carboxylic acids is 2. The van der Waals surface area contributed by atoms with Crippen molar-refractivity contribution < 1.29 is 9.59 Å². The summed E-state index contributed by atoms with van der Waals surface area (Å²) in [5.41, 5.74) is 2.34. The average Bonchev–Trinajstić information content (AvgIpc) is 2.56. The van der Waals surface area contributed by atoms with Crippen LogP contribution in [-0.4, -0.2) is 34.5 Å². The molecule has 128 valence electrons. The van der Waals surface area contributed by atoms with E-state index in [4.69, 9.17) is 0 Å². The van der Waals surface area contributed by atoms with Gasteiger partial charge in [0.15, 0.2) is 0 Å². The van der Waals surface area contributed by atoms with Gasteiger partial charge in [0.1, 0.15) is 5.71 Å². The Morgan fingerprint density at radius 3 is 2.33 bits per heavy atom. The summed E-state index contributed by atoms with van der Waals surface area (Å²) < 4.78 is 0. The lowest BCUT2D eigenvalue weighted by Gasteiger charge is -2.39. The molecule has 2 atom stereocenters. The number of amides is 2. The molecule has 0 saturated carbocycles. The van der Waals surface area contributed by atoms with E-state index in [0.29, 0.717) is 18.6 Å². The maximum absolute atomic E-state index is 13.0. The quantitative estimate of drug-likeness (QED) is 0.837. The zero-order valence-corrected chi connectivity index (χ0v) is 14.7. The van der Waals surface area contributed by atoms with Crippen molar-refractivity contribution in [1.29, 1.82) is 0 Å². The number of hydrogen-bond donors (Lipinski definition) is 0. The van der Waals surface area contributed by atoms with Crippen molar-refractivity contribution in [3.8, 4) is 0 Å². The number of likely N-dealkylation sites (tertiary alicyclic amines) is 1. The highest BCUT2D eigenvalue weighted by Crippen LogP contribution is 2.26. The molecule has 2 aliphatic rings. The third-order valence-corrected chi connectivity index (χ3v) is 4.99. The fourth-order valence-corrected chi connectivity index (χ4v) is 3.57. The minimum atomic E-state index is -0.0601. The topological polar surface area (TPSA) is 53.0 Å². The number of hydrogen-bond acceptors (Lipinski definition) is 3. The molecule has 0 aliphatic carbocycles. The molecule has 3 rings (SSSR count). The summed E-state index contributed by atoms with van der Waals surface area (Å²) in [6.07, 6.45) is 3.98. The zero-order valence-electron chi connectivity index (χ0n) is 14.7. The minimum Gasteiger partial charge on any atom is -0.332 e. The summed E-state index contributed by atoms with van der Waals surface area (Å²) in [6.45, 7) is 6.19. The Labute approximate surface area is 143 Å². The Kier molecular flexibility index (Phi) is 4.69. The van der Waals surface area contributed by atoms with Crippen LogP contribution in [0, 0.1) is 6.92 Å². The zero-order chi connectivity index (χ0) is 17.3. The molecule has 5 heteroatoms. The van der Waals surface area contributed by atoms with Gasteiger partial charge >= 0.3 is 0 Å². The fraction of sp³-hybridized carbons (Fsp3) is 0.526. The first-order valence-electron chi connectivity index (χ1n) is 8.77. The lowest BCUT2D eigenvalue weighted by molar-refractivity contribution is -0.130. The van der Waals surface area contributed by atoms with Gasteiger partial charge in [-0.1, -0.05) is 17.7 Å². The van der Waals surface area contributed by atoms with Crippen LogP contribution < -0.4 is 5.01 Å². The molecular formula is C19H25N3O2. The maximum atomic E-state index is 13.0. The Morgan fingerprint density at radius 2 is 1.71 bits per heavy atom. The van der Waals surface area contributed by atoms with Gasteiger partial charge in [-0.15, -0.1) is 0 Å². The SMILES string of the molecule is Cc1ccc(N2N=C(C(=O)N3C(C)CCCC3C)CCC2=O)cc1. The van der Waals surface area contributed by atoms with Gasteiger partial charge in [-0.05, 0) is 52.2 Å². The number of benzene rings is 1. The molecule has 2 heterocycles. The highest BCUT2D eigenvalue weighted by atomic mass is 16.2. The van der Waals surface area contributed by atoms with Gasteiger partial charge in [0.25, 0.3) is 5.91 Å². The summed E-state index contributed by atoms with van der Waals surface area (Å²) in [5, 5.41) is 5.80. The van der Waals surface area contributed by atoms with Crippen molar-refractivity contribution in [2.24, 2.45) is 5.10 Å². The molecule has 0 N–H and O–H groups in total. The largest absolute Gasteiger partial charge is 0.332 e. The number of rotatable bonds is 2. The Bertz CT molecular complexity index is 656. The smallest absolute Gasteiger partial charge is 0.270 e. The minimum absolute atomic E-state index is 0.0145. The summed E-state index contributed by atoms with van der Waals surface area (Å²) in [4.78, 5) is 27.2. The second-order valence-corrected chi connectivity index (χ2v) is 6.93. The van der Waals surface area contributed by atoms with Gasteiger partial charge in [0.05, 0.1) is 5.69 Å². The van der Waals surface area contributed by atoms with Crippen LogP contribution in [0.2, 0.25) is 0 Å². The third kappa shape index (κ3) is 3.21. The highest BCUT2D eigenvalue weighted by molar-refractivity contribution is 6.40. The molecule has 0 bridgehead atoms. The highest BCUT2D eigenvalue weighted by Gasteiger charge is 2.34. The number of carbonyl (C=O) groups is 2. The van der Waals surface area contributed by atoms with Crippen LogP contribution in [-0.2, 0) is 9.59 Å². The summed E-state index contributed by atoms with van der Waals surface area (Å²) >= 11 is 0. The molecule has 2 unspecified atom stereocenters. The Morgan fingerprint density at radius 1 is 1.08 bits per heavy atom. The number of anilines is 1. The molecule has 1 aromatic carbocycles. The molecule has 5 nitrogen and oxygen atoms in total. The second kappa shape index (κ2) is 6.75. The molecule has 1 aromatic rings. The number of nitrogens with zero attached hydrogens (tertiary/aromatic N) is 3. The van der Waals surface area contributed by atoms with Crippen LogP contribution in [0.4, 0.5) is 5.69 Å².